The maximum atomic E-state index is 11.6. The van der Waals surface area contributed by atoms with Crippen LogP contribution in [-0.2, 0) is 9.84 Å². The lowest BCUT2D eigenvalue weighted by Crippen LogP contribution is -2.26. The van der Waals surface area contributed by atoms with Crippen molar-refractivity contribution in [1.29, 1.82) is 0 Å². The molecule has 0 spiro atoms. The minimum atomic E-state index is -3.22. The molecular formula is C14H18N2O3S. The molecule has 0 aliphatic heterocycles. The molecule has 5 nitrogen and oxygen atoms in total. The first-order valence-corrected chi connectivity index (χ1v) is 8.69. The second-order valence-corrected chi connectivity index (χ2v) is 7.59. The molecule has 1 aliphatic carbocycles. The molecule has 2 N–H and O–H groups in total. The zero-order valence-electron chi connectivity index (χ0n) is 11.4. The lowest BCUT2D eigenvalue weighted by atomic mass is 9.86. The van der Waals surface area contributed by atoms with E-state index in [2.05, 4.69) is 4.98 Å². The van der Waals surface area contributed by atoms with Gasteiger partial charge < -0.3 is 10.2 Å². The summed E-state index contributed by atoms with van der Waals surface area (Å²) in [6.07, 6.45) is 5.23. The van der Waals surface area contributed by atoms with Gasteiger partial charge in [-0.05, 0) is 37.5 Å². The van der Waals surface area contributed by atoms with Gasteiger partial charge >= 0.3 is 0 Å². The van der Waals surface area contributed by atoms with Crippen LogP contribution < -0.4 is 5.73 Å². The Morgan fingerprint density at radius 3 is 2.85 bits per heavy atom. The first-order chi connectivity index (χ1) is 9.43. The molecule has 0 radical (unpaired) electrons. The minimum Gasteiger partial charge on any atom is -0.440 e. The molecule has 2 aromatic rings. The second-order valence-electron chi connectivity index (χ2n) is 5.58. The number of sulfone groups is 1. The van der Waals surface area contributed by atoms with Gasteiger partial charge in [-0.3, -0.25) is 0 Å². The van der Waals surface area contributed by atoms with Crippen LogP contribution in [0.15, 0.2) is 27.5 Å². The van der Waals surface area contributed by atoms with E-state index in [4.69, 9.17) is 10.2 Å². The van der Waals surface area contributed by atoms with Crippen molar-refractivity contribution in [2.45, 2.75) is 42.5 Å². The van der Waals surface area contributed by atoms with Crippen molar-refractivity contribution in [2.75, 3.05) is 6.26 Å². The van der Waals surface area contributed by atoms with Crippen molar-refractivity contribution in [1.82, 2.24) is 4.98 Å². The van der Waals surface area contributed by atoms with Crippen LogP contribution in [0.1, 0.15) is 37.5 Å². The summed E-state index contributed by atoms with van der Waals surface area (Å²) in [4.78, 5) is 4.73. The van der Waals surface area contributed by atoms with Crippen molar-refractivity contribution in [3.8, 4) is 0 Å². The number of oxazole rings is 1. The fourth-order valence-corrected chi connectivity index (χ4v) is 3.42. The molecule has 20 heavy (non-hydrogen) atoms. The standard InChI is InChI=1S/C14H18N2O3S/c1-20(17,18)11-5-6-13-12(8-11)16-14(19-13)9-3-2-4-10(15)7-9/h5-6,8-10H,2-4,7,15H2,1H3. The monoisotopic (exact) mass is 294 g/mol. The molecule has 1 saturated carbocycles. The van der Waals surface area contributed by atoms with Gasteiger partial charge in [-0.15, -0.1) is 0 Å². The average Bonchev–Trinajstić information content (AvgIpc) is 2.80. The van der Waals surface area contributed by atoms with Crippen LogP contribution in [0.3, 0.4) is 0 Å². The Hall–Kier alpha value is -1.40. The van der Waals surface area contributed by atoms with E-state index >= 15 is 0 Å². The summed E-state index contributed by atoms with van der Waals surface area (Å²) >= 11 is 0. The van der Waals surface area contributed by atoms with Gasteiger partial charge in [0, 0.05) is 18.2 Å². The van der Waals surface area contributed by atoms with Gasteiger partial charge in [0.2, 0.25) is 0 Å². The molecule has 2 unspecified atom stereocenters. The third kappa shape index (κ3) is 2.58. The number of hydrogen-bond donors (Lipinski definition) is 1. The molecular weight excluding hydrogens is 276 g/mol. The van der Waals surface area contributed by atoms with E-state index in [1.807, 2.05) is 0 Å². The van der Waals surface area contributed by atoms with Crippen molar-refractivity contribution in [3.63, 3.8) is 0 Å². The highest BCUT2D eigenvalue weighted by Crippen LogP contribution is 2.33. The van der Waals surface area contributed by atoms with E-state index < -0.39 is 9.84 Å². The van der Waals surface area contributed by atoms with E-state index in [0.717, 1.165) is 25.7 Å². The van der Waals surface area contributed by atoms with Crippen molar-refractivity contribution >= 4 is 20.9 Å². The zero-order chi connectivity index (χ0) is 14.3. The molecule has 6 heteroatoms. The molecule has 108 valence electrons. The summed E-state index contributed by atoms with van der Waals surface area (Å²) in [6.45, 7) is 0. The van der Waals surface area contributed by atoms with Gasteiger partial charge in [-0.2, -0.15) is 0 Å². The second kappa shape index (κ2) is 4.86. The van der Waals surface area contributed by atoms with Crippen molar-refractivity contribution < 1.29 is 12.8 Å². The smallest absolute Gasteiger partial charge is 0.198 e. The van der Waals surface area contributed by atoms with Crippen LogP contribution >= 0.6 is 0 Å². The summed E-state index contributed by atoms with van der Waals surface area (Å²) in [5, 5.41) is 0. The predicted molar refractivity (Wildman–Crippen MR) is 76.3 cm³/mol. The van der Waals surface area contributed by atoms with Gasteiger partial charge in [-0.25, -0.2) is 13.4 Å². The normalized spacial score (nSPS) is 24.1. The van der Waals surface area contributed by atoms with Gasteiger partial charge in [0.15, 0.2) is 21.3 Å². The third-order valence-electron chi connectivity index (χ3n) is 3.87. The fraction of sp³-hybridized carbons (Fsp3) is 0.500. The van der Waals surface area contributed by atoms with Crippen LogP contribution in [0.2, 0.25) is 0 Å². The maximum Gasteiger partial charge on any atom is 0.198 e. The molecule has 0 bridgehead atoms. The van der Waals surface area contributed by atoms with Gasteiger partial charge in [0.1, 0.15) is 5.52 Å². The SMILES string of the molecule is CS(=O)(=O)c1ccc2oc(C3CCCC(N)C3)nc2c1. The highest BCUT2D eigenvalue weighted by atomic mass is 32.2. The van der Waals surface area contributed by atoms with Crippen LogP contribution in [0, 0.1) is 0 Å². The molecule has 3 rings (SSSR count). The molecule has 1 aliphatic rings. The number of fused-ring (bicyclic) bond motifs is 1. The lowest BCUT2D eigenvalue weighted by Gasteiger charge is -2.23. The van der Waals surface area contributed by atoms with Crippen LogP contribution in [0.5, 0.6) is 0 Å². The molecule has 2 atom stereocenters. The number of aromatic nitrogens is 1. The average molecular weight is 294 g/mol. The highest BCUT2D eigenvalue weighted by Gasteiger charge is 2.25. The van der Waals surface area contributed by atoms with Crippen molar-refractivity contribution in [2.24, 2.45) is 5.73 Å². The molecule has 0 saturated heterocycles. The van der Waals surface area contributed by atoms with Gasteiger partial charge in [-0.1, -0.05) is 6.42 Å². The van der Waals surface area contributed by atoms with E-state index in [-0.39, 0.29) is 16.9 Å². The van der Waals surface area contributed by atoms with Gasteiger partial charge in [0.05, 0.1) is 4.90 Å². The van der Waals surface area contributed by atoms with Gasteiger partial charge in [0.25, 0.3) is 0 Å². The number of nitrogens with zero attached hydrogens (tertiary/aromatic N) is 1. The van der Waals surface area contributed by atoms with Crippen molar-refractivity contribution in [3.05, 3.63) is 24.1 Å². The molecule has 1 aromatic heterocycles. The molecule has 0 amide bonds. The highest BCUT2D eigenvalue weighted by molar-refractivity contribution is 7.90. The molecule has 1 fully saturated rings. The predicted octanol–water partition coefficient (Wildman–Crippen LogP) is 2.22. The molecule has 1 heterocycles. The Labute approximate surface area is 118 Å². The first-order valence-electron chi connectivity index (χ1n) is 6.79. The summed E-state index contributed by atoms with van der Waals surface area (Å²) in [6, 6.07) is 5.00. The van der Waals surface area contributed by atoms with Crippen LogP contribution in [-0.4, -0.2) is 25.7 Å². The molecule has 1 aromatic carbocycles. The van der Waals surface area contributed by atoms with E-state index in [0.29, 0.717) is 17.0 Å². The summed E-state index contributed by atoms with van der Waals surface area (Å²) in [5.41, 5.74) is 7.22. The van der Waals surface area contributed by atoms with E-state index in [1.165, 1.54) is 6.26 Å². The number of rotatable bonds is 2. The maximum absolute atomic E-state index is 11.6. The number of benzene rings is 1. The Kier molecular flexibility index (Phi) is 3.30. The summed E-state index contributed by atoms with van der Waals surface area (Å²) in [5.74, 6) is 0.925. The first kappa shape index (κ1) is 13.6. The lowest BCUT2D eigenvalue weighted by molar-refractivity contribution is 0.343. The Bertz CT molecular complexity index is 736. The Balaban J connectivity index is 1.98. The Morgan fingerprint density at radius 2 is 2.15 bits per heavy atom. The van der Waals surface area contributed by atoms with E-state index in [1.54, 1.807) is 18.2 Å². The topological polar surface area (TPSA) is 86.2 Å². The van der Waals surface area contributed by atoms with E-state index in [9.17, 15) is 8.42 Å². The Morgan fingerprint density at radius 1 is 1.35 bits per heavy atom. The third-order valence-corrected chi connectivity index (χ3v) is 4.98. The zero-order valence-corrected chi connectivity index (χ0v) is 12.2. The fourth-order valence-electron chi connectivity index (χ4n) is 2.78. The summed E-state index contributed by atoms with van der Waals surface area (Å²) in [7, 11) is -3.22. The van der Waals surface area contributed by atoms with Crippen LogP contribution in [0.25, 0.3) is 11.1 Å². The van der Waals surface area contributed by atoms with Crippen LogP contribution in [0.4, 0.5) is 0 Å². The summed E-state index contributed by atoms with van der Waals surface area (Å²) < 4.78 is 28.9. The number of hydrogen-bond acceptors (Lipinski definition) is 5. The quantitative estimate of drug-likeness (QED) is 0.917. The minimum absolute atomic E-state index is 0.204. The largest absolute Gasteiger partial charge is 0.440 e. The number of nitrogens with two attached hydrogens (primary N) is 1.